The van der Waals surface area contributed by atoms with Crippen LogP contribution in [0.3, 0.4) is 0 Å². The van der Waals surface area contributed by atoms with Gasteiger partial charge in [0.15, 0.2) is 0 Å². The van der Waals surface area contributed by atoms with E-state index in [1.807, 2.05) is 23.1 Å². The van der Waals surface area contributed by atoms with Crippen LogP contribution in [0.5, 0.6) is 11.5 Å². The lowest BCUT2D eigenvalue weighted by molar-refractivity contribution is -0.121. The number of nitrogens with zero attached hydrogens (tertiary/aromatic N) is 1. The van der Waals surface area contributed by atoms with E-state index in [1.165, 1.54) is 7.11 Å². The average Bonchev–Trinajstić information content (AvgIpc) is 3.01. The van der Waals surface area contributed by atoms with Crippen LogP contribution in [0.4, 0.5) is 4.79 Å². The fraction of sp³-hybridized carbons (Fsp3) is 0.500. The second-order valence-electron chi connectivity index (χ2n) is 5.28. The third-order valence-electron chi connectivity index (χ3n) is 3.94. The molecular weight excluding hydrogens is 300 g/mol. The summed E-state index contributed by atoms with van der Waals surface area (Å²) in [6.07, 6.45) is 1.16. The fourth-order valence-electron chi connectivity index (χ4n) is 2.85. The van der Waals surface area contributed by atoms with Crippen LogP contribution >= 0.6 is 0 Å². The number of ether oxygens (including phenoxy) is 3. The number of nitrogens with one attached hydrogen (secondary N) is 1. The highest BCUT2D eigenvalue weighted by molar-refractivity contribution is 5.92. The summed E-state index contributed by atoms with van der Waals surface area (Å²) in [6.45, 7) is 0.920. The Morgan fingerprint density at radius 1 is 1.26 bits per heavy atom. The number of alkyl carbamates (subject to hydrolysis) is 1. The minimum atomic E-state index is -0.743. The molecular formula is C16H22N2O5. The first-order valence-electron chi connectivity index (χ1n) is 7.42. The molecule has 1 aromatic carbocycles. The van der Waals surface area contributed by atoms with Gasteiger partial charge in [0.1, 0.15) is 11.5 Å². The van der Waals surface area contributed by atoms with Gasteiger partial charge >= 0.3 is 6.09 Å². The van der Waals surface area contributed by atoms with Crippen molar-refractivity contribution in [3.05, 3.63) is 23.8 Å². The molecule has 2 amide bonds. The summed E-state index contributed by atoms with van der Waals surface area (Å²) in [5.41, 5.74) is 1.01. The molecule has 0 spiro atoms. The van der Waals surface area contributed by atoms with Crippen molar-refractivity contribution in [3.63, 3.8) is 0 Å². The van der Waals surface area contributed by atoms with Crippen LogP contribution in [0.15, 0.2) is 18.2 Å². The average molecular weight is 322 g/mol. The molecule has 1 saturated heterocycles. The number of hydrogen-bond acceptors (Lipinski definition) is 6. The highest BCUT2D eigenvalue weighted by atomic mass is 16.5. The van der Waals surface area contributed by atoms with E-state index in [2.05, 4.69) is 10.1 Å². The Morgan fingerprint density at radius 3 is 2.70 bits per heavy atom. The highest BCUT2D eigenvalue weighted by Gasteiger charge is 2.30. The molecule has 23 heavy (non-hydrogen) atoms. The first-order chi connectivity index (χ1) is 11.1. The zero-order valence-electron chi connectivity index (χ0n) is 13.6. The number of imide groups is 1. The SMILES string of the molecule is COC(=O)NC(=O)CN1CCC[C@H]1c1ccc(OC)cc1OC. The summed E-state index contributed by atoms with van der Waals surface area (Å²) in [7, 11) is 4.44. The van der Waals surface area contributed by atoms with Crippen molar-refractivity contribution in [1.82, 2.24) is 10.2 Å². The maximum atomic E-state index is 11.9. The zero-order chi connectivity index (χ0) is 16.8. The molecule has 1 atom stereocenters. The van der Waals surface area contributed by atoms with Crippen LogP contribution in [-0.2, 0) is 9.53 Å². The van der Waals surface area contributed by atoms with Gasteiger partial charge in [0, 0.05) is 17.7 Å². The molecule has 7 heteroatoms. The molecule has 0 aromatic heterocycles. The van der Waals surface area contributed by atoms with Gasteiger partial charge < -0.3 is 14.2 Å². The van der Waals surface area contributed by atoms with Crippen molar-refractivity contribution in [2.24, 2.45) is 0 Å². The van der Waals surface area contributed by atoms with Crippen molar-refractivity contribution in [3.8, 4) is 11.5 Å². The number of amides is 2. The lowest BCUT2D eigenvalue weighted by atomic mass is 10.0. The monoisotopic (exact) mass is 322 g/mol. The molecule has 7 nitrogen and oxygen atoms in total. The molecule has 0 aliphatic carbocycles. The second-order valence-corrected chi connectivity index (χ2v) is 5.28. The zero-order valence-corrected chi connectivity index (χ0v) is 13.6. The normalized spacial score (nSPS) is 17.6. The predicted octanol–water partition coefficient (Wildman–Crippen LogP) is 1.72. The van der Waals surface area contributed by atoms with Crippen LogP contribution in [0, 0.1) is 0 Å². The molecule has 0 bridgehead atoms. The van der Waals surface area contributed by atoms with E-state index < -0.39 is 6.09 Å². The fourth-order valence-corrected chi connectivity index (χ4v) is 2.85. The summed E-state index contributed by atoms with van der Waals surface area (Å²) in [5, 5.41) is 2.18. The highest BCUT2D eigenvalue weighted by Crippen LogP contribution is 2.38. The third-order valence-corrected chi connectivity index (χ3v) is 3.94. The Labute approximate surface area is 135 Å². The van der Waals surface area contributed by atoms with Gasteiger partial charge in [0.25, 0.3) is 0 Å². The molecule has 1 N–H and O–H groups in total. The van der Waals surface area contributed by atoms with Gasteiger partial charge in [0.2, 0.25) is 5.91 Å². The van der Waals surface area contributed by atoms with Crippen LogP contribution in [0.2, 0.25) is 0 Å². The van der Waals surface area contributed by atoms with Crippen LogP contribution < -0.4 is 14.8 Å². The lowest BCUT2D eigenvalue weighted by Gasteiger charge is -2.25. The molecule has 0 radical (unpaired) electrons. The Hall–Kier alpha value is -2.28. The van der Waals surface area contributed by atoms with Crippen molar-refractivity contribution >= 4 is 12.0 Å². The minimum absolute atomic E-state index is 0.0688. The van der Waals surface area contributed by atoms with Crippen LogP contribution in [0.1, 0.15) is 24.4 Å². The van der Waals surface area contributed by atoms with Crippen molar-refractivity contribution < 1.29 is 23.8 Å². The summed E-state index contributed by atoms with van der Waals surface area (Å²) < 4.78 is 15.1. The van der Waals surface area contributed by atoms with Gasteiger partial charge in [-0.3, -0.25) is 15.0 Å². The van der Waals surface area contributed by atoms with Crippen molar-refractivity contribution in [1.29, 1.82) is 0 Å². The first-order valence-corrected chi connectivity index (χ1v) is 7.42. The summed E-state index contributed by atoms with van der Waals surface area (Å²) in [6, 6.07) is 5.74. The molecule has 0 saturated carbocycles. The van der Waals surface area contributed by atoms with E-state index in [9.17, 15) is 9.59 Å². The Bertz CT molecular complexity index is 576. The summed E-state index contributed by atoms with van der Waals surface area (Å²) >= 11 is 0. The van der Waals surface area contributed by atoms with Crippen molar-refractivity contribution in [2.45, 2.75) is 18.9 Å². The van der Waals surface area contributed by atoms with Gasteiger partial charge in [-0.2, -0.15) is 0 Å². The van der Waals surface area contributed by atoms with Gasteiger partial charge in [-0.1, -0.05) is 6.07 Å². The number of rotatable bonds is 5. The van der Waals surface area contributed by atoms with E-state index in [1.54, 1.807) is 14.2 Å². The lowest BCUT2D eigenvalue weighted by Crippen LogP contribution is -2.39. The smallest absolute Gasteiger partial charge is 0.413 e. The Kier molecular flexibility index (Phi) is 5.81. The minimum Gasteiger partial charge on any atom is -0.497 e. The van der Waals surface area contributed by atoms with E-state index in [4.69, 9.17) is 9.47 Å². The molecule has 2 rings (SSSR count). The van der Waals surface area contributed by atoms with Crippen molar-refractivity contribution in [2.75, 3.05) is 34.4 Å². The predicted molar refractivity (Wildman–Crippen MR) is 83.6 cm³/mol. The molecule has 1 aromatic rings. The number of methoxy groups -OCH3 is 3. The third kappa shape index (κ3) is 4.13. The number of benzene rings is 1. The number of likely N-dealkylation sites (tertiary alicyclic amines) is 1. The van der Waals surface area contributed by atoms with Gasteiger partial charge in [0.05, 0.1) is 27.9 Å². The van der Waals surface area contributed by atoms with Gasteiger partial charge in [-0.25, -0.2) is 4.79 Å². The molecule has 0 unspecified atom stereocenters. The molecule has 1 aliphatic heterocycles. The Morgan fingerprint density at radius 2 is 2.04 bits per heavy atom. The van der Waals surface area contributed by atoms with E-state index >= 15 is 0 Å². The van der Waals surface area contributed by atoms with Crippen LogP contribution in [-0.4, -0.2) is 51.3 Å². The number of hydrogen-bond donors (Lipinski definition) is 1. The summed E-state index contributed by atoms with van der Waals surface area (Å²) in [4.78, 5) is 25.0. The van der Waals surface area contributed by atoms with Crippen LogP contribution in [0.25, 0.3) is 0 Å². The van der Waals surface area contributed by atoms with Gasteiger partial charge in [-0.15, -0.1) is 0 Å². The largest absolute Gasteiger partial charge is 0.497 e. The molecule has 1 fully saturated rings. The molecule has 126 valence electrons. The molecule has 1 heterocycles. The number of carbonyl (C=O) groups excluding carboxylic acids is 2. The topological polar surface area (TPSA) is 77.1 Å². The van der Waals surface area contributed by atoms with E-state index in [0.717, 1.165) is 36.4 Å². The second kappa shape index (κ2) is 7.82. The first kappa shape index (κ1) is 17.1. The number of carbonyl (C=O) groups is 2. The Balaban J connectivity index is 2.12. The maximum Gasteiger partial charge on any atom is 0.413 e. The standard InChI is InChI=1S/C16H22N2O5/c1-21-11-6-7-12(14(9-11)22-2)13-5-4-8-18(13)10-15(19)17-16(20)23-3/h6-7,9,13H,4-5,8,10H2,1-3H3,(H,17,19,20)/t13-/m0/s1. The molecule has 1 aliphatic rings. The quantitative estimate of drug-likeness (QED) is 0.889. The summed E-state index contributed by atoms with van der Waals surface area (Å²) in [5.74, 6) is 1.07. The van der Waals surface area contributed by atoms with E-state index in [-0.39, 0.29) is 18.5 Å². The van der Waals surface area contributed by atoms with E-state index in [0.29, 0.717) is 0 Å². The van der Waals surface area contributed by atoms with Gasteiger partial charge in [-0.05, 0) is 25.5 Å². The maximum absolute atomic E-state index is 11.9.